The van der Waals surface area contributed by atoms with Gasteiger partial charge >= 0.3 is 0 Å². The largest absolute Gasteiger partial charge is 0.497 e. The van der Waals surface area contributed by atoms with Gasteiger partial charge in [-0.15, -0.1) is 0 Å². The molecule has 0 radical (unpaired) electrons. The molecule has 0 fully saturated rings. The van der Waals surface area contributed by atoms with Crippen LogP contribution in [0.15, 0.2) is 41.3 Å². The highest BCUT2D eigenvalue weighted by atomic mass is 16.6. The van der Waals surface area contributed by atoms with Crippen molar-refractivity contribution < 1.29 is 24.1 Å². The zero-order valence-electron chi connectivity index (χ0n) is 19.0. The molecule has 0 aliphatic carbocycles. The summed E-state index contributed by atoms with van der Waals surface area (Å²) in [6.07, 6.45) is 2.78. The topological polar surface area (TPSA) is 142 Å². The van der Waals surface area contributed by atoms with Gasteiger partial charge in [0.05, 0.1) is 12.6 Å². The Bertz CT molecular complexity index is 1400. The maximum Gasteiger partial charge on any atom is 0.300 e. The first kappa shape index (κ1) is 23.1. The number of benzene rings is 2. The summed E-state index contributed by atoms with van der Waals surface area (Å²) >= 11 is 0. The molecule has 1 aliphatic heterocycles. The Morgan fingerprint density at radius 1 is 1.26 bits per heavy atom. The number of aryl methyl sites for hydroxylation is 1. The second kappa shape index (κ2) is 9.84. The van der Waals surface area contributed by atoms with E-state index in [4.69, 9.17) is 34.8 Å². The first-order valence-electron chi connectivity index (χ1n) is 10.8. The smallest absolute Gasteiger partial charge is 0.300 e. The van der Waals surface area contributed by atoms with E-state index in [-0.39, 0.29) is 5.56 Å². The quantitative estimate of drug-likeness (QED) is 0.408. The third-order valence-electron chi connectivity index (χ3n) is 5.32. The van der Waals surface area contributed by atoms with Crippen molar-refractivity contribution in [1.82, 2.24) is 14.5 Å². The molecule has 5 rings (SSSR count). The number of methoxy groups -OCH3 is 1. The van der Waals surface area contributed by atoms with E-state index in [1.165, 1.54) is 0 Å². The Kier molecular flexibility index (Phi) is 6.69. The number of rotatable bonds is 5. The molecule has 4 N–H and O–H groups in total. The van der Waals surface area contributed by atoms with Crippen molar-refractivity contribution in [3.8, 4) is 28.5 Å². The van der Waals surface area contributed by atoms with Crippen LogP contribution in [0.2, 0.25) is 0 Å². The summed E-state index contributed by atoms with van der Waals surface area (Å²) in [5.74, 6) is 1.07. The number of aromatic amines is 1. The van der Waals surface area contributed by atoms with Crippen molar-refractivity contribution in [1.29, 1.82) is 0 Å². The molecule has 34 heavy (non-hydrogen) atoms. The van der Waals surface area contributed by atoms with Crippen LogP contribution in [-0.4, -0.2) is 52.5 Å². The molecule has 0 unspecified atom stereocenters. The molecular formula is C24H26N4O6. The number of carboxylic acids is 1. The number of carbonyl (C=O) groups is 1. The minimum atomic E-state index is -0.833. The highest BCUT2D eigenvalue weighted by Gasteiger charge is 2.21. The zero-order chi connectivity index (χ0) is 24.2. The third-order valence-corrected chi connectivity index (χ3v) is 5.32. The Hall–Kier alpha value is -4.05. The highest BCUT2D eigenvalue weighted by Crippen LogP contribution is 2.37. The van der Waals surface area contributed by atoms with Crippen LogP contribution in [0.5, 0.6) is 17.2 Å². The summed E-state index contributed by atoms with van der Waals surface area (Å²) in [6, 6.07) is 9.40. The van der Waals surface area contributed by atoms with Crippen molar-refractivity contribution in [2.45, 2.75) is 19.9 Å². The molecule has 1 aliphatic rings. The molecule has 178 valence electrons. The molecule has 0 saturated carbocycles. The average Bonchev–Trinajstić information content (AvgIpc) is 3.19. The van der Waals surface area contributed by atoms with E-state index in [2.05, 4.69) is 9.55 Å². The van der Waals surface area contributed by atoms with E-state index in [0.717, 1.165) is 36.4 Å². The van der Waals surface area contributed by atoms with Crippen molar-refractivity contribution in [3.05, 3.63) is 46.9 Å². The van der Waals surface area contributed by atoms with Gasteiger partial charge < -0.3 is 34.6 Å². The predicted octanol–water partition coefficient (Wildman–Crippen LogP) is 2.76. The molecule has 0 amide bonds. The number of H-pyrrole nitrogens is 1. The van der Waals surface area contributed by atoms with Crippen LogP contribution in [0.25, 0.3) is 33.2 Å². The number of hydrogen-bond donors (Lipinski definition) is 3. The lowest BCUT2D eigenvalue weighted by molar-refractivity contribution is -0.134. The molecule has 2 aromatic carbocycles. The molecule has 10 nitrogen and oxygen atoms in total. The molecule has 0 saturated heterocycles. The molecule has 10 heteroatoms. The number of hydrogen-bond acceptors (Lipinski definition) is 7. The van der Waals surface area contributed by atoms with Crippen LogP contribution in [0.3, 0.4) is 0 Å². The lowest BCUT2D eigenvalue weighted by Gasteiger charge is -2.19. The maximum atomic E-state index is 13.0. The van der Waals surface area contributed by atoms with Gasteiger partial charge in [0.15, 0.2) is 11.5 Å². The Morgan fingerprint density at radius 3 is 2.76 bits per heavy atom. The van der Waals surface area contributed by atoms with Gasteiger partial charge in [0.2, 0.25) is 0 Å². The number of fused-ring (bicyclic) bond motifs is 4. The van der Waals surface area contributed by atoms with Crippen molar-refractivity contribution in [2.24, 2.45) is 5.73 Å². The summed E-state index contributed by atoms with van der Waals surface area (Å²) in [5, 5.41) is 8.31. The third kappa shape index (κ3) is 4.53. The second-order valence-corrected chi connectivity index (χ2v) is 7.68. The van der Waals surface area contributed by atoms with Gasteiger partial charge in [0, 0.05) is 36.1 Å². The van der Waals surface area contributed by atoms with Crippen molar-refractivity contribution in [3.63, 3.8) is 0 Å². The van der Waals surface area contributed by atoms with Gasteiger partial charge in [-0.25, -0.2) is 4.98 Å². The number of aliphatic carboxylic acids is 1. The molecule has 0 bridgehead atoms. The van der Waals surface area contributed by atoms with Gasteiger partial charge in [-0.3, -0.25) is 9.59 Å². The average molecular weight is 466 g/mol. The fraction of sp³-hybridized carbons (Fsp3) is 0.292. The zero-order valence-corrected chi connectivity index (χ0v) is 19.0. The van der Waals surface area contributed by atoms with Gasteiger partial charge in [-0.2, -0.15) is 0 Å². The fourth-order valence-corrected chi connectivity index (χ4v) is 3.88. The number of nitrogens with zero attached hydrogens (tertiary/aromatic N) is 2. The lowest BCUT2D eigenvalue weighted by Crippen LogP contribution is -2.17. The summed E-state index contributed by atoms with van der Waals surface area (Å²) in [7, 11) is 1.62. The fourth-order valence-electron chi connectivity index (χ4n) is 3.88. The van der Waals surface area contributed by atoms with Crippen molar-refractivity contribution in [2.75, 3.05) is 26.9 Å². The number of aromatic nitrogens is 3. The SMILES string of the molecule is CC(=O)O.COc1ccc2c(c1)c(-c1nc3c4c(ccc3[nH]c1=O)OCCO4)cn2CCCN. The molecule has 2 aromatic heterocycles. The molecule has 3 heterocycles. The summed E-state index contributed by atoms with van der Waals surface area (Å²) in [5.41, 5.74) is 8.69. The molecular weight excluding hydrogens is 440 g/mol. The molecule has 0 spiro atoms. The van der Waals surface area contributed by atoms with Gasteiger partial charge in [-0.1, -0.05) is 0 Å². The number of carboxylic acid groups (broad SMARTS) is 1. The summed E-state index contributed by atoms with van der Waals surface area (Å²) < 4.78 is 19.0. The normalized spacial score (nSPS) is 12.3. The lowest BCUT2D eigenvalue weighted by atomic mass is 10.1. The Balaban J connectivity index is 0.000000636. The van der Waals surface area contributed by atoms with E-state index >= 15 is 0 Å². The number of ether oxygens (including phenoxy) is 3. The van der Waals surface area contributed by atoms with Gasteiger partial charge in [0.25, 0.3) is 11.5 Å². The van der Waals surface area contributed by atoms with Gasteiger partial charge in [-0.05, 0) is 43.3 Å². The van der Waals surface area contributed by atoms with Gasteiger partial charge in [0.1, 0.15) is 30.2 Å². The van der Waals surface area contributed by atoms with Crippen LogP contribution in [0, 0.1) is 0 Å². The van der Waals surface area contributed by atoms with E-state index in [9.17, 15) is 4.79 Å². The molecule has 4 aromatic rings. The van der Waals surface area contributed by atoms with Crippen LogP contribution in [0.1, 0.15) is 13.3 Å². The van der Waals surface area contributed by atoms with E-state index in [1.807, 2.05) is 24.4 Å². The van der Waals surface area contributed by atoms with E-state index in [0.29, 0.717) is 53.7 Å². The standard InChI is InChI=1S/C22H22N4O4.C2H4O2/c1-28-13-3-5-17-14(11-13)15(12-26(17)8-2-7-23)19-22(27)24-16-4-6-18-21(20(16)25-19)30-10-9-29-18;1-2(3)4/h3-6,11-12H,2,7-10,23H2,1H3,(H,24,27);1H3,(H,3,4). The first-order valence-corrected chi connectivity index (χ1v) is 10.8. The van der Waals surface area contributed by atoms with Crippen molar-refractivity contribution >= 4 is 27.9 Å². The minimum Gasteiger partial charge on any atom is -0.497 e. The Morgan fingerprint density at radius 2 is 2.03 bits per heavy atom. The summed E-state index contributed by atoms with van der Waals surface area (Å²) in [4.78, 5) is 29.6. The first-order chi connectivity index (χ1) is 16.4. The second-order valence-electron chi connectivity index (χ2n) is 7.68. The minimum absolute atomic E-state index is 0.264. The van der Waals surface area contributed by atoms with Crippen LogP contribution in [0.4, 0.5) is 0 Å². The van der Waals surface area contributed by atoms with Crippen LogP contribution in [-0.2, 0) is 11.3 Å². The molecule has 0 atom stereocenters. The monoisotopic (exact) mass is 466 g/mol. The summed E-state index contributed by atoms with van der Waals surface area (Å²) in [6.45, 7) is 3.35. The van der Waals surface area contributed by atoms with E-state index < -0.39 is 5.97 Å². The number of nitrogens with one attached hydrogen (secondary N) is 1. The Labute approximate surface area is 194 Å². The van der Waals surface area contributed by atoms with E-state index in [1.54, 1.807) is 19.2 Å². The van der Waals surface area contributed by atoms with Crippen LogP contribution < -0.4 is 25.5 Å². The predicted molar refractivity (Wildman–Crippen MR) is 128 cm³/mol. The maximum absolute atomic E-state index is 13.0. The highest BCUT2D eigenvalue weighted by molar-refractivity contribution is 5.97. The number of nitrogens with two attached hydrogens (primary N) is 1. The van der Waals surface area contributed by atoms with Crippen LogP contribution >= 0.6 is 0 Å².